The Morgan fingerprint density at radius 2 is 1.62 bits per heavy atom. The van der Waals surface area contributed by atoms with Gasteiger partial charge >= 0.3 is 0 Å². The highest BCUT2D eigenvalue weighted by atomic mass is 16.2. The number of anilines is 4. The molecule has 6 heterocycles. The molecule has 1 unspecified atom stereocenters. The van der Waals surface area contributed by atoms with Crippen LogP contribution in [-0.2, 0) is 14.4 Å². The van der Waals surface area contributed by atoms with Crippen molar-refractivity contribution in [1.29, 1.82) is 0 Å². The summed E-state index contributed by atoms with van der Waals surface area (Å²) in [6.07, 6.45) is 13.5. The lowest BCUT2D eigenvalue weighted by atomic mass is 10.0. The molecule has 16 heteroatoms. The number of piperidine rings is 1. The number of aryl methyl sites for hydroxylation is 1. The van der Waals surface area contributed by atoms with E-state index in [4.69, 9.17) is 4.98 Å². The molecule has 3 fully saturated rings. The van der Waals surface area contributed by atoms with Gasteiger partial charge in [-0.05, 0) is 88.4 Å². The second-order valence-corrected chi connectivity index (χ2v) is 16.4. The van der Waals surface area contributed by atoms with E-state index in [2.05, 4.69) is 35.7 Å². The number of benzene rings is 1. The first-order valence-corrected chi connectivity index (χ1v) is 21.5. The Balaban J connectivity index is 0.770. The van der Waals surface area contributed by atoms with Crippen molar-refractivity contribution < 1.29 is 19.2 Å². The molecule has 0 spiro atoms. The minimum atomic E-state index is -0.745. The van der Waals surface area contributed by atoms with Gasteiger partial charge in [-0.2, -0.15) is 4.98 Å². The summed E-state index contributed by atoms with van der Waals surface area (Å²) in [4.78, 5) is 94.9. The molecule has 3 aliphatic rings. The predicted molar refractivity (Wildman–Crippen MR) is 234 cm³/mol. The monoisotopic (exact) mass is 828 g/mol. The predicted octanol–water partition coefficient (Wildman–Crippen LogP) is 5.56. The molecule has 1 aromatic carbocycles. The molecule has 5 aromatic rings. The molecule has 4 aromatic heterocycles. The third kappa shape index (κ3) is 8.95. The molecular weight excluding hydrogens is 777 g/mol. The third-order valence-corrected chi connectivity index (χ3v) is 12.4. The van der Waals surface area contributed by atoms with Crippen LogP contribution in [0.1, 0.15) is 106 Å². The molecule has 3 N–H and O–H groups in total. The number of carbonyl (C=O) groups excluding carboxylic acids is 4. The summed E-state index contributed by atoms with van der Waals surface area (Å²) in [5, 5.41) is 10.2. The van der Waals surface area contributed by atoms with Crippen molar-refractivity contribution in [3.8, 4) is 0 Å². The molecule has 1 saturated carbocycles. The first-order chi connectivity index (χ1) is 29.5. The quantitative estimate of drug-likeness (QED) is 0.0718. The number of carbonyl (C=O) groups is 4. The number of amides is 3. The zero-order chi connectivity index (χ0) is 42.6. The van der Waals surface area contributed by atoms with Crippen LogP contribution in [0.15, 0.2) is 64.6 Å². The van der Waals surface area contributed by atoms with Gasteiger partial charge in [-0.1, -0.05) is 31.7 Å². The van der Waals surface area contributed by atoms with Crippen LogP contribution in [0, 0.1) is 6.92 Å². The van der Waals surface area contributed by atoms with E-state index in [9.17, 15) is 28.8 Å². The number of pyridine rings is 3. The van der Waals surface area contributed by atoms with E-state index in [1.54, 1.807) is 48.1 Å². The Labute approximate surface area is 352 Å². The van der Waals surface area contributed by atoms with Gasteiger partial charge in [0.05, 0.1) is 17.4 Å². The zero-order valence-corrected chi connectivity index (χ0v) is 34.7. The molecular formula is C45H52N10O6. The highest BCUT2D eigenvalue weighted by Gasteiger charge is 2.29. The van der Waals surface area contributed by atoms with Gasteiger partial charge in [0.25, 0.3) is 11.1 Å². The number of unbranched alkanes of at least 4 members (excludes halogenated alkanes) is 3. The lowest BCUT2D eigenvalue weighted by molar-refractivity contribution is -0.135. The summed E-state index contributed by atoms with van der Waals surface area (Å²) < 4.78 is 3.07. The number of imide groups is 1. The van der Waals surface area contributed by atoms with E-state index in [0.29, 0.717) is 51.2 Å². The van der Waals surface area contributed by atoms with Crippen molar-refractivity contribution in [3.05, 3.63) is 86.8 Å². The number of ketones is 1. The second-order valence-electron chi connectivity index (χ2n) is 16.4. The third-order valence-electron chi connectivity index (χ3n) is 12.4. The van der Waals surface area contributed by atoms with Crippen LogP contribution in [0.3, 0.4) is 0 Å². The van der Waals surface area contributed by atoms with E-state index in [1.807, 2.05) is 18.3 Å². The van der Waals surface area contributed by atoms with E-state index in [0.717, 1.165) is 89.8 Å². The maximum Gasteiger partial charge on any atom is 0.263 e. The van der Waals surface area contributed by atoms with Gasteiger partial charge in [-0.25, -0.2) is 9.97 Å². The number of hydrogen-bond acceptors (Lipinski definition) is 12. The normalized spacial score (nSPS) is 17.5. The van der Waals surface area contributed by atoms with Gasteiger partial charge in [0.2, 0.25) is 23.7 Å². The van der Waals surface area contributed by atoms with Gasteiger partial charge in [0, 0.05) is 79.3 Å². The first kappa shape index (κ1) is 41.4. The van der Waals surface area contributed by atoms with Gasteiger partial charge in [-0.15, -0.1) is 0 Å². The Morgan fingerprint density at radius 1 is 0.836 bits per heavy atom. The van der Waals surface area contributed by atoms with Crippen LogP contribution in [0.25, 0.3) is 21.8 Å². The van der Waals surface area contributed by atoms with Crippen LogP contribution in [0.5, 0.6) is 0 Å². The van der Waals surface area contributed by atoms with Crippen molar-refractivity contribution in [2.75, 3.05) is 48.3 Å². The molecule has 318 valence electrons. The smallest absolute Gasteiger partial charge is 0.263 e. The number of Topliss-reactive ketones (excluding diaryl/α,β-unsaturated/α-hetero) is 1. The lowest BCUT2D eigenvalue weighted by Gasteiger charge is -2.36. The van der Waals surface area contributed by atoms with Gasteiger partial charge in [0.1, 0.15) is 17.5 Å². The topological polar surface area (TPSA) is 194 Å². The number of hydrogen-bond donors (Lipinski definition) is 3. The summed E-state index contributed by atoms with van der Waals surface area (Å²) in [6, 6.07) is 10.1. The van der Waals surface area contributed by atoms with Gasteiger partial charge in [-0.3, -0.25) is 43.6 Å². The Bertz CT molecular complexity index is 2610. The number of nitrogens with zero attached hydrogens (tertiary/aromatic N) is 7. The van der Waals surface area contributed by atoms with Crippen molar-refractivity contribution in [2.24, 2.45) is 0 Å². The van der Waals surface area contributed by atoms with Crippen molar-refractivity contribution >= 4 is 68.5 Å². The average Bonchev–Trinajstić information content (AvgIpc) is 3.78. The Hall–Kier alpha value is -6.29. The summed E-state index contributed by atoms with van der Waals surface area (Å²) in [7, 11) is 0. The van der Waals surface area contributed by atoms with Crippen LogP contribution in [-0.4, -0.2) is 85.2 Å². The number of aromatic nitrogens is 5. The van der Waals surface area contributed by atoms with Crippen LogP contribution < -0.4 is 32.0 Å². The van der Waals surface area contributed by atoms with E-state index < -0.39 is 11.9 Å². The fourth-order valence-electron chi connectivity index (χ4n) is 9.08. The van der Waals surface area contributed by atoms with Crippen molar-refractivity contribution in [1.82, 2.24) is 34.3 Å². The van der Waals surface area contributed by atoms with Crippen molar-refractivity contribution in [2.45, 2.75) is 96.6 Å². The number of piperazine rings is 1. The van der Waals surface area contributed by atoms with Crippen LogP contribution in [0.2, 0.25) is 0 Å². The molecule has 1 aliphatic carbocycles. The number of rotatable bonds is 14. The summed E-state index contributed by atoms with van der Waals surface area (Å²) in [6.45, 7) is 7.91. The Kier molecular flexibility index (Phi) is 12.3. The standard InChI is InChI=1S/C45H52N10O6/c1-28-34-27-47-45(51-41(34)55(30-10-6-7-11-30)44(61)40(28)29(2)56)49-37-17-15-31(26-46-37)53-24-22-52(23-25-53)20-8-4-3-5-14-38(57)48-35-13-9-12-33-32(35)19-21-54(43(33)60)36-16-18-39(58)50-42(36)59/h9,12-13,15,17,19,21,26-27,30,36H,3-8,10-11,14,16,18,20,22-25H2,1-2H3,(H,48,57)(H,50,58,59)(H,46,47,49,51). The molecule has 8 rings (SSSR count). The summed E-state index contributed by atoms with van der Waals surface area (Å²) >= 11 is 0. The second kappa shape index (κ2) is 18.1. The molecule has 0 radical (unpaired) electrons. The van der Waals surface area contributed by atoms with Gasteiger partial charge in [0.15, 0.2) is 5.78 Å². The molecule has 1 atom stereocenters. The molecule has 3 amide bonds. The SMILES string of the molecule is CC(=O)c1c(C)c2cnc(Nc3ccc(N4CCN(CCCCCCC(=O)Nc5cccc6c(=O)n(C7CCC(=O)NC7=O)ccc56)CC4)cn3)nc2n(C2CCCC2)c1=O. The fraction of sp³-hybridized carbons (Fsp3) is 0.444. The number of nitrogens with one attached hydrogen (secondary N) is 3. The van der Waals surface area contributed by atoms with Crippen LogP contribution in [0.4, 0.5) is 23.1 Å². The van der Waals surface area contributed by atoms with E-state index in [1.165, 1.54) is 11.5 Å². The average molecular weight is 829 g/mol. The number of fused-ring (bicyclic) bond motifs is 2. The molecule has 16 nitrogen and oxygen atoms in total. The summed E-state index contributed by atoms with van der Waals surface area (Å²) in [5.41, 5.74) is 2.35. The first-order valence-electron chi connectivity index (χ1n) is 21.5. The molecule has 0 bridgehead atoms. The summed E-state index contributed by atoms with van der Waals surface area (Å²) in [5.74, 6) is -0.234. The highest BCUT2D eigenvalue weighted by molar-refractivity contribution is 6.03. The van der Waals surface area contributed by atoms with E-state index >= 15 is 0 Å². The maximum atomic E-state index is 13.6. The fourth-order valence-corrected chi connectivity index (χ4v) is 9.08. The zero-order valence-electron chi connectivity index (χ0n) is 34.7. The lowest BCUT2D eigenvalue weighted by Crippen LogP contribution is -2.46. The molecule has 61 heavy (non-hydrogen) atoms. The largest absolute Gasteiger partial charge is 0.368 e. The maximum absolute atomic E-state index is 13.6. The van der Waals surface area contributed by atoms with Gasteiger partial charge < -0.3 is 20.1 Å². The minimum Gasteiger partial charge on any atom is -0.368 e. The van der Waals surface area contributed by atoms with Crippen LogP contribution >= 0.6 is 0 Å². The Morgan fingerprint density at radius 3 is 2.36 bits per heavy atom. The molecule has 2 saturated heterocycles. The van der Waals surface area contributed by atoms with E-state index in [-0.39, 0.29) is 53.2 Å². The highest BCUT2D eigenvalue weighted by Crippen LogP contribution is 2.32. The molecule has 2 aliphatic heterocycles. The van der Waals surface area contributed by atoms with Crippen molar-refractivity contribution in [3.63, 3.8) is 0 Å². The minimum absolute atomic E-state index is 0.00748.